The van der Waals surface area contributed by atoms with E-state index in [0.717, 1.165) is 11.4 Å². The monoisotopic (exact) mass is 261 g/mol. The molecule has 0 atom stereocenters. The minimum absolute atomic E-state index is 0.0522. The van der Waals surface area contributed by atoms with Crippen LogP contribution in [0.25, 0.3) is 5.69 Å². The second-order valence-electron chi connectivity index (χ2n) is 4.03. The molecule has 1 aromatic heterocycles. The Morgan fingerprint density at radius 3 is 2.68 bits per heavy atom. The van der Waals surface area contributed by atoms with Crippen LogP contribution in [-0.2, 0) is 4.79 Å². The third-order valence-corrected chi connectivity index (χ3v) is 2.58. The number of aromatic nitrogens is 4. The summed E-state index contributed by atoms with van der Waals surface area (Å²) >= 11 is 0. The molecule has 0 saturated heterocycles. The van der Waals surface area contributed by atoms with E-state index in [-0.39, 0.29) is 12.5 Å². The predicted octanol–water partition coefficient (Wildman–Crippen LogP) is 0.763. The molecule has 2 N–H and O–H groups in total. The zero-order valence-corrected chi connectivity index (χ0v) is 10.4. The van der Waals surface area contributed by atoms with Gasteiger partial charge < -0.3 is 10.4 Å². The maximum absolute atomic E-state index is 11.6. The van der Waals surface area contributed by atoms with Crippen LogP contribution in [0.5, 0.6) is 0 Å². The van der Waals surface area contributed by atoms with E-state index >= 15 is 0 Å². The summed E-state index contributed by atoms with van der Waals surface area (Å²) in [5.41, 5.74) is 1.55. The van der Waals surface area contributed by atoms with Crippen LogP contribution in [0.4, 0.5) is 5.69 Å². The van der Waals surface area contributed by atoms with Gasteiger partial charge in [0.05, 0.1) is 5.69 Å². The van der Waals surface area contributed by atoms with Crippen molar-refractivity contribution >= 4 is 11.6 Å². The van der Waals surface area contributed by atoms with E-state index in [4.69, 9.17) is 5.11 Å². The van der Waals surface area contributed by atoms with Crippen molar-refractivity contribution in [1.29, 1.82) is 0 Å². The molecule has 1 aromatic carbocycles. The number of nitrogens with one attached hydrogen (secondary N) is 1. The third kappa shape index (κ3) is 3.85. The number of nitrogens with zero attached hydrogens (tertiary/aromatic N) is 4. The van der Waals surface area contributed by atoms with Crippen molar-refractivity contribution in [2.24, 2.45) is 0 Å². The summed E-state index contributed by atoms with van der Waals surface area (Å²) in [6.07, 6.45) is 3.24. The van der Waals surface area contributed by atoms with Gasteiger partial charge >= 0.3 is 0 Å². The number of tetrazole rings is 1. The van der Waals surface area contributed by atoms with Crippen molar-refractivity contribution in [2.45, 2.75) is 19.3 Å². The van der Waals surface area contributed by atoms with Gasteiger partial charge in [0, 0.05) is 18.7 Å². The fourth-order valence-corrected chi connectivity index (χ4v) is 1.60. The average molecular weight is 261 g/mol. The molecule has 0 unspecified atom stereocenters. The van der Waals surface area contributed by atoms with Crippen LogP contribution in [0.1, 0.15) is 19.3 Å². The van der Waals surface area contributed by atoms with Gasteiger partial charge in [0.25, 0.3) is 0 Å². The maximum Gasteiger partial charge on any atom is 0.224 e. The molecule has 0 aliphatic carbocycles. The van der Waals surface area contributed by atoms with E-state index in [1.165, 1.54) is 11.0 Å². The smallest absolute Gasteiger partial charge is 0.224 e. The lowest BCUT2D eigenvalue weighted by Crippen LogP contribution is -2.11. The van der Waals surface area contributed by atoms with Crippen molar-refractivity contribution < 1.29 is 9.90 Å². The number of rotatable bonds is 6. The van der Waals surface area contributed by atoms with Crippen molar-refractivity contribution in [3.8, 4) is 5.69 Å². The fourth-order valence-electron chi connectivity index (χ4n) is 1.60. The van der Waals surface area contributed by atoms with Crippen molar-refractivity contribution in [3.63, 3.8) is 0 Å². The van der Waals surface area contributed by atoms with Crippen LogP contribution < -0.4 is 5.32 Å². The van der Waals surface area contributed by atoms with Crippen molar-refractivity contribution in [3.05, 3.63) is 30.6 Å². The van der Waals surface area contributed by atoms with Gasteiger partial charge in [-0.05, 0) is 47.5 Å². The molecule has 0 spiro atoms. The normalized spacial score (nSPS) is 10.4. The highest BCUT2D eigenvalue weighted by atomic mass is 16.3. The number of carbonyl (C=O) groups excluding carboxylic acids is 1. The molecule has 1 amide bonds. The van der Waals surface area contributed by atoms with Gasteiger partial charge in [-0.2, -0.15) is 0 Å². The number of amides is 1. The Bertz CT molecular complexity index is 509. The second kappa shape index (κ2) is 6.60. The highest BCUT2D eigenvalue weighted by Gasteiger charge is 2.03. The molecule has 7 nitrogen and oxygen atoms in total. The summed E-state index contributed by atoms with van der Waals surface area (Å²) in [4.78, 5) is 11.6. The van der Waals surface area contributed by atoms with Crippen LogP contribution in [0.15, 0.2) is 30.6 Å². The highest BCUT2D eigenvalue weighted by molar-refractivity contribution is 5.90. The molecule has 7 heteroatoms. The highest BCUT2D eigenvalue weighted by Crippen LogP contribution is 2.12. The summed E-state index contributed by atoms with van der Waals surface area (Å²) < 4.78 is 1.53. The van der Waals surface area contributed by atoms with E-state index < -0.39 is 0 Å². The van der Waals surface area contributed by atoms with Crippen LogP contribution in [0.2, 0.25) is 0 Å². The Kier molecular flexibility index (Phi) is 4.57. The number of hydrogen-bond donors (Lipinski definition) is 2. The second-order valence-corrected chi connectivity index (χ2v) is 4.03. The number of benzene rings is 1. The Labute approximate surface area is 110 Å². The minimum atomic E-state index is -0.0522. The minimum Gasteiger partial charge on any atom is -0.396 e. The van der Waals surface area contributed by atoms with Crippen molar-refractivity contribution in [1.82, 2.24) is 20.2 Å². The summed E-state index contributed by atoms with van der Waals surface area (Å²) in [5.74, 6) is -0.0522. The zero-order valence-electron chi connectivity index (χ0n) is 10.4. The fraction of sp³-hybridized carbons (Fsp3) is 0.333. The summed E-state index contributed by atoms with van der Waals surface area (Å²) in [6, 6.07) is 7.22. The van der Waals surface area contributed by atoms with Gasteiger partial charge in [0.15, 0.2) is 0 Å². The standard InChI is InChI=1S/C12H15N5O2/c18-8-2-1-3-12(19)14-10-4-6-11(7-5-10)17-9-13-15-16-17/h4-7,9,18H,1-3,8H2,(H,14,19). The first kappa shape index (κ1) is 13.2. The first-order chi connectivity index (χ1) is 9.29. The molecular weight excluding hydrogens is 246 g/mol. The van der Waals surface area contributed by atoms with Crippen LogP contribution in [0, 0.1) is 0 Å². The topological polar surface area (TPSA) is 92.9 Å². The predicted molar refractivity (Wildman–Crippen MR) is 68.7 cm³/mol. The largest absolute Gasteiger partial charge is 0.396 e. The third-order valence-electron chi connectivity index (χ3n) is 2.58. The quantitative estimate of drug-likeness (QED) is 0.749. The lowest BCUT2D eigenvalue weighted by atomic mass is 10.2. The number of carbonyl (C=O) groups is 1. The van der Waals surface area contributed by atoms with Crippen LogP contribution >= 0.6 is 0 Å². The number of aliphatic hydroxyl groups excluding tert-OH is 1. The lowest BCUT2D eigenvalue weighted by molar-refractivity contribution is -0.116. The Morgan fingerprint density at radius 1 is 1.26 bits per heavy atom. The van der Waals surface area contributed by atoms with E-state index in [9.17, 15) is 4.79 Å². The van der Waals surface area contributed by atoms with E-state index in [1.54, 1.807) is 12.1 Å². The van der Waals surface area contributed by atoms with E-state index in [0.29, 0.717) is 19.3 Å². The maximum atomic E-state index is 11.6. The van der Waals surface area contributed by atoms with Gasteiger partial charge in [-0.1, -0.05) is 0 Å². The molecule has 0 bridgehead atoms. The zero-order chi connectivity index (χ0) is 13.5. The molecule has 2 rings (SSSR count). The van der Waals surface area contributed by atoms with Crippen LogP contribution in [-0.4, -0.2) is 37.8 Å². The van der Waals surface area contributed by atoms with E-state index in [1.807, 2.05) is 12.1 Å². The molecule has 1 heterocycles. The van der Waals surface area contributed by atoms with E-state index in [2.05, 4.69) is 20.8 Å². The first-order valence-corrected chi connectivity index (χ1v) is 6.04. The summed E-state index contributed by atoms with van der Waals surface area (Å²) in [6.45, 7) is 0.119. The summed E-state index contributed by atoms with van der Waals surface area (Å²) in [7, 11) is 0. The van der Waals surface area contributed by atoms with Gasteiger partial charge in [-0.25, -0.2) is 4.68 Å². The molecule has 0 aliphatic heterocycles. The molecule has 0 radical (unpaired) electrons. The number of hydrogen-bond acceptors (Lipinski definition) is 5. The molecule has 19 heavy (non-hydrogen) atoms. The average Bonchev–Trinajstić information content (AvgIpc) is 2.94. The molecule has 2 aromatic rings. The van der Waals surface area contributed by atoms with Gasteiger partial charge in [0.2, 0.25) is 5.91 Å². The Hall–Kier alpha value is -2.28. The van der Waals surface area contributed by atoms with Crippen molar-refractivity contribution in [2.75, 3.05) is 11.9 Å². The molecule has 0 saturated carbocycles. The SMILES string of the molecule is O=C(CCCCO)Nc1ccc(-n2cnnn2)cc1. The van der Waals surface area contributed by atoms with Gasteiger partial charge in [0.1, 0.15) is 6.33 Å². The molecule has 0 fully saturated rings. The Morgan fingerprint density at radius 2 is 2.05 bits per heavy atom. The molecular formula is C12H15N5O2. The Balaban J connectivity index is 1.90. The summed E-state index contributed by atoms with van der Waals surface area (Å²) in [5, 5.41) is 22.3. The van der Waals surface area contributed by atoms with Gasteiger partial charge in [-0.3, -0.25) is 4.79 Å². The number of aliphatic hydroxyl groups is 1. The first-order valence-electron chi connectivity index (χ1n) is 6.04. The number of unbranched alkanes of at least 4 members (excludes halogenated alkanes) is 1. The van der Waals surface area contributed by atoms with Crippen LogP contribution in [0.3, 0.4) is 0 Å². The number of anilines is 1. The molecule has 0 aliphatic rings. The lowest BCUT2D eigenvalue weighted by Gasteiger charge is -2.06. The van der Waals surface area contributed by atoms with Gasteiger partial charge in [-0.15, -0.1) is 5.10 Å². The molecule has 100 valence electrons.